The van der Waals surface area contributed by atoms with Crippen LogP contribution in [0.5, 0.6) is 5.75 Å². The second kappa shape index (κ2) is 7.76. The Labute approximate surface area is 163 Å². The predicted molar refractivity (Wildman–Crippen MR) is 105 cm³/mol. The van der Waals surface area contributed by atoms with E-state index in [0.717, 1.165) is 29.4 Å². The molecule has 1 aliphatic rings. The normalized spacial score (nSPS) is 16.8. The fourth-order valence-corrected chi connectivity index (χ4v) is 3.69. The summed E-state index contributed by atoms with van der Waals surface area (Å²) in [5, 5.41) is 2.02. The molecule has 142 valence electrons. The van der Waals surface area contributed by atoms with Gasteiger partial charge in [0.2, 0.25) is 0 Å². The Morgan fingerprint density at radius 3 is 2.71 bits per heavy atom. The van der Waals surface area contributed by atoms with Gasteiger partial charge in [-0.2, -0.15) is 0 Å². The quantitative estimate of drug-likeness (QED) is 0.654. The van der Waals surface area contributed by atoms with Gasteiger partial charge in [-0.05, 0) is 41.8 Å². The number of aromatic nitrogens is 2. The smallest absolute Gasteiger partial charge is 0.274 e. The summed E-state index contributed by atoms with van der Waals surface area (Å²) in [5.74, 6) is 0.493. The Morgan fingerprint density at radius 2 is 1.93 bits per heavy atom. The molecule has 0 aliphatic carbocycles. The van der Waals surface area contributed by atoms with Gasteiger partial charge in [0.25, 0.3) is 5.91 Å². The number of ether oxygens (including phenoxy) is 1. The van der Waals surface area contributed by atoms with Crippen LogP contribution < -0.4 is 4.74 Å². The Bertz CT molecular complexity index is 1020. The summed E-state index contributed by atoms with van der Waals surface area (Å²) in [6.45, 7) is 1.05. The van der Waals surface area contributed by atoms with Gasteiger partial charge in [0.05, 0.1) is 13.3 Å². The first-order chi connectivity index (χ1) is 13.7. The monoisotopic (exact) mass is 375 g/mol. The largest absolute Gasteiger partial charge is 0.497 e. The van der Waals surface area contributed by atoms with Crippen LogP contribution in [0.4, 0.5) is 0 Å². The van der Waals surface area contributed by atoms with E-state index in [1.165, 1.54) is 18.6 Å². The lowest BCUT2D eigenvalue weighted by Crippen LogP contribution is -2.42. The van der Waals surface area contributed by atoms with Gasteiger partial charge in [0, 0.05) is 37.0 Å². The van der Waals surface area contributed by atoms with Crippen molar-refractivity contribution in [3.05, 3.63) is 66.2 Å². The number of amides is 1. The summed E-state index contributed by atoms with van der Waals surface area (Å²) >= 11 is 0. The highest BCUT2D eigenvalue weighted by Gasteiger charge is 2.30. The minimum Gasteiger partial charge on any atom is -0.497 e. The fraction of sp³-hybridized carbons (Fsp3) is 0.273. The van der Waals surface area contributed by atoms with E-state index in [1.54, 1.807) is 12.0 Å². The Kier molecular flexibility index (Phi) is 5.02. The van der Waals surface area contributed by atoms with Crippen molar-refractivity contribution in [3.8, 4) is 5.75 Å². The molecule has 3 aromatic rings. The number of hydrogen-bond acceptors (Lipinski definition) is 5. The van der Waals surface area contributed by atoms with Crippen LogP contribution in [0.15, 0.2) is 55.0 Å². The number of piperidine rings is 1. The molecule has 4 rings (SSSR count). The van der Waals surface area contributed by atoms with E-state index in [2.05, 4.69) is 9.97 Å². The van der Waals surface area contributed by atoms with Gasteiger partial charge in [-0.3, -0.25) is 14.6 Å². The number of rotatable bonds is 4. The molecule has 1 amide bonds. The number of carbonyl (C=O) groups is 2. The maximum Gasteiger partial charge on any atom is 0.274 e. The van der Waals surface area contributed by atoms with E-state index in [0.29, 0.717) is 24.3 Å². The summed E-state index contributed by atoms with van der Waals surface area (Å²) in [7, 11) is 1.64. The summed E-state index contributed by atoms with van der Waals surface area (Å²) in [5.41, 5.74) is 0.992. The van der Waals surface area contributed by atoms with E-state index in [-0.39, 0.29) is 17.6 Å². The average molecular weight is 375 g/mol. The summed E-state index contributed by atoms with van der Waals surface area (Å²) in [6, 6.07) is 11.5. The number of Topliss-reactive ketones (excluding diaryl/α,β-unsaturated/α-hetero) is 1. The first-order valence-corrected chi connectivity index (χ1v) is 9.33. The lowest BCUT2D eigenvalue weighted by Gasteiger charge is -2.31. The molecule has 6 heteroatoms. The molecule has 1 atom stereocenters. The molecule has 2 aromatic carbocycles. The first-order valence-electron chi connectivity index (χ1n) is 9.33. The molecule has 0 unspecified atom stereocenters. The van der Waals surface area contributed by atoms with Crippen molar-refractivity contribution in [2.24, 2.45) is 5.92 Å². The second-order valence-corrected chi connectivity index (χ2v) is 6.97. The van der Waals surface area contributed by atoms with Crippen molar-refractivity contribution < 1.29 is 14.3 Å². The van der Waals surface area contributed by atoms with Crippen molar-refractivity contribution in [1.82, 2.24) is 14.9 Å². The number of fused-ring (bicyclic) bond motifs is 1. The minimum absolute atomic E-state index is 0.0781. The molecule has 0 radical (unpaired) electrons. The molecular weight excluding hydrogens is 354 g/mol. The zero-order valence-corrected chi connectivity index (χ0v) is 15.7. The highest BCUT2D eigenvalue weighted by Crippen LogP contribution is 2.26. The Balaban J connectivity index is 1.52. The van der Waals surface area contributed by atoms with Crippen LogP contribution in [-0.2, 0) is 0 Å². The number of ketones is 1. The van der Waals surface area contributed by atoms with E-state index in [1.807, 2.05) is 36.4 Å². The van der Waals surface area contributed by atoms with Gasteiger partial charge >= 0.3 is 0 Å². The van der Waals surface area contributed by atoms with Gasteiger partial charge in [0.15, 0.2) is 5.78 Å². The average Bonchev–Trinajstić information content (AvgIpc) is 2.78. The molecule has 1 saturated heterocycles. The van der Waals surface area contributed by atoms with Crippen molar-refractivity contribution in [1.29, 1.82) is 0 Å². The third-order valence-corrected chi connectivity index (χ3v) is 5.19. The van der Waals surface area contributed by atoms with Crippen LogP contribution in [-0.4, -0.2) is 46.8 Å². The molecule has 0 saturated carbocycles. The first kappa shape index (κ1) is 18.1. The Hall–Kier alpha value is -3.28. The topological polar surface area (TPSA) is 72.4 Å². The second-order valence-electron chi connectivity index (χ2n) is 6.97. The summed E-state index contributed by atoms with van der Waals surface area (Å²) in [6.07, 6.45) is 6.08. The van der Waals surface area contributed by atoms with Gasteiger partial charge in [-0.25, -0.2) is 4.98 Å². The maximum atomic E-state index is 13.1. The lowest BCUT2D eigenvalue weighted by molar-refractivity contribution is 0.0631. The predicted octanol–water partition coefficient (Wildman–Crippen LogP) is 3.37. The number of likely N-dealkylation sites (tertiary alicyclic amines) is 1. The van der Waals surface area contributed by atoms with Gasteiger partial charge in [0.1, 0.15) is 11.4 Å². The molecule has 0 bridgehead atoms. The Morgan fingerprint density at radius 1 is 1.11 bits per heavy atom. The zero-order valence-electron chi connectivity index (χ0n) is 15.7. The molecule has 6 nitrogen and oxygen atoms in total. The third-order valence-electron chi connectivity index (χ3n) is 5.19. The summed E-state index contributed by atoms with van der Waals surface area (Å²) < 4.78 is 5.25. The van der Waals surface area contributed by atoms with Crippen LogP contribution in [0.1, 0.15) is 33.7 Å². The van der Waals surface area contributed by atoms with Crippen LogP contribution in [0.25, 0.3) is 10.8 Å². The summed E-state index contributed by atoms with van der Waals surface area (Å²) in [4.78, 5) is 35.5. The molecule has 1 fully saturated rings. The molecule has 0 N–H and O–H groups in total. The fourth-order valence-electron chi connectivity index (χ4n) is 3.69. The van der Waals surface area contributed by atoms with Crippen molar-refractivity contribution in [2.45, 2.75) is 12.8 Å². The van der Waals surface area contributed by atoms with Gasteiger partial charge in [-0.1, -0.05) is 18.2 Å². The van der Waals surface area contributed by atoms with Crippen molar-refractivity contribution >= 4 is 22.5 Å². The molecule has 1 aliphatic heterocycles. The molecule has 28 heavy (non-hydrogen) atoms. The van der Waals surface area contributed by atoms with E-state index >= 15 is 0 Å². The van der Waals surface area contributed by atoms with E-state index in [9.17, 15) is 9.59 Å². The van der Waals surface area contributed by atoms with Crippen molar-refractivity contribution in [2.75, 3.05) is 20.2 Å². The van der Waals surface area contributed by atoms with Gasteiger partial charge < -0.3 is 9.64 Å². The zero-order chi connectivity index (χ0) is 19.5. The third kappa shape index (κ3) is 3.58. The molecule has 0 spiro atoms. The molecule has 2 heterocycles. The lowest BCUT2D eigenvalue weighted by atomic mass is 9.89. The molecular formula is C22H21N3O3. The number of methoxy groups -OCH3 is 1. The number of hydrogen-bond donors (Lipinski definition) is 0. The number of carbonyl (C=O) groups excluding carboxylic acids is 2. The SMILES string of the molecule is COc1ccc2cc(C(=O)[C@@H]3CCCN(C(=O)c4cnccn4)C3)ccc2c1. The van der Waals surface area contributed by atoms with Crippen LogP contribution in [0.3, 0.4) is 0 Å². The highest BCUT2D eigenvalue weighted by molar-refractivity contribution is 6.02. The standard InChI is InChI=1S/C22H21N3O3/c1-28-19-7-6-15-11-17(5-4-16(15)12-19)21(26)18-3-2-10-25(14-18)22(27)20-13-23-8-9-24-20/h4-9,11-13,18H,2-3,10,14H2,1H3/t18-/m1/s1. The van der Waals surface area contributed by atoms with Crippen LogP contribution in [0, 0.1) is 5.92 Å². The highest BCUT2D eigenvalue weighted by atomic mass is 16.5. The number of benzene rings is 2. The van der Waals surface area contributed by atoms with Gasteiger partial charge in [-0.15, -0.1) is 0 Å². The minimum atomic E-state index is -0.204. The van der Waals surface area contributed by atoms with Crippen LogP contribution in [0.2, 0.25) is 0 Å². The maximum absolute atomic E-state index is 13.1. The number of nitrogens with zero attached hydrogens (tertiary/aromatic N) is 3. The van der Waals surface area contributed by atoms with Crippen molar-refractivity contribution in [3.63, 3.8) is 0 Å². The van der Waals surface area contributed by atoms with Crippen LogP contribution >= 0.6 is 0 Å². The van der Waals surface area contributed by atoms with E-state index < -0.39 is 0 Å². The molecule has 1 aromatic heterocycles. The van der Waals surface area contributed by atoms with E-state index in [4.69, 9.17) is 4.74 Å².